The van der Waals surface area contributed by atoms with E-state index in [4.69, 9.17) is 5.11 Å². The zero-order valence-corrected chi connectivity index (χ0v) is 8.31. The van der Waals surface area contributed by atoms with E-state index in [-0.39, 0.29) is 18.4 Å². The van der Waals surface area contributed by atoms with Crippen molar-refractivity contribution in [3.05, 3.63) is 41.6 Å². The molecule has 1 aromatic carbocycles. The van der Waals surface area contributed by atoms with Gasteiger partial charge in [-0.05, 0) is 11.6 Å². The summed E-state index contributed by atoms with van der Waals surface area (Å²) in [7, 11) is 0. The highest BCUT2D eigenvalue weighted by Crippen LogP contribution is 2.19. The minimum atomic E-state index is -0.278. The van der Waals surface area contributed by atoms with Gasteiger partial charge in [0.25, 0.3) is 0 Å². The van der Waals surface area contributed by atoms with Crippen molar-refractivity contribution in [3.8, 4) is 0 Å². The maximum absolute atomic E-state index is 11.3. The molecule has 1 unspecified atom stereocenters. The molecule has 2 N–H and O–H groups in total. The third-order valence-electron chi connectivity index (χ3n) is 2.48. The van der Waals surface area contributed by atoms with E-state index in [2.05, 4.69) is 5.32 Å². The van der Waals surface area contributed by atoms with Crippen molar-refractivity contribution in [2.24, 2.45) is 5.92 Å². The summed E-state index contributed by atoms with van der Waals surface area (Å²) in [5.41, 5.74) is 1.94. The van der Waals surface area contributed by atoms with Crippen LogP contribution in [0.1, 0.15) is 12.0 Å². The van der Waals surface area contributed by atoms with E-state index in [0.29, 0.717) is 6.42 Å². The van der Waals surface area contributed by atoms with Gasteiger partial charge in [-0.15, -0.1) is 0 Å². The third kappa shape index (κ3) is 2.25. The van der Waals surface area contributed by atoms with Crippen molar-refractivity contribution in [2.45, 2.75) is 6.42 Å². The number of allylic oxidation sites excluding steroid dienone is 1. The maximum atomic E-state index is 11.3. The predicted octanol–water partition coefficient (Wildman–Crippen LogP) is 1.16. The molecule has 0 spiro atoms. The molecule has 0 saturated carbocycles. The number of carbonyl (C=O) groups is 1. The highest BCUT2D eigenvalue weighted by molar-refractivity contribution is 5.85. The van der Waals surface area contributed by atoms with Crippen LogP contribution in [0.25, 0.3) is 6.08 Å². The van der Waals surface area contributed by atoms with E-state index in [1.54, 1.807) is 0 Å². The molecule has 1 fully saturated rings. The molecule has 1 saturated heterocycles. The number of aliphatic hydroxyl groups excluding tert-OH is 1. The Morgan fingerprint density at radius 2 is 2.13 bits per heavy atom. The smallest absolute Gasteiger partial charge is 0.229 e. The summed E-state index contributed by atoms with van der Waals surface area (Å²) in [5, 5.41) is 11.7. The van der Waals surface area contributed by atoms with E-state index >= 15 is 0 Å². The molecular formula is C12H13NO2. The molecule has 1 aliphatic rings. The van der Waals surface area contributed by atoms with E-state index in [1.165, 1.54) is 0 Å². The molecule has 0 radical (unpaired) electrons. The van der Waals surface area contributed by atoms with Gasteiger partial charge in [0.05, 0.1) is 12.5 Å². The second kappa shape index (κ2) is 4.28. The van der Waals surface area contributed by atoms with Crippen LogP contribution in [0.5, 0.6) is 0 Å². The first-order valence-electron chi connectivity index (χ1n) is 4.97. The van der Waals surface area contributed by atoms with Crippen molar-refractivity contribution < 1.29 is 9.90 Å². The van der Waals surface area contributed by atoms with Crippen LogP contribution in [0.3, 0.4) is 0 Å². The average Bonchev–Trinajstić information content (AvgIpc) is 2.60. The quantitative estimate of drug-likeness (QED) is 0.757. The zero-order chi connectivity index (χ0) is 10.7. The van der Waals surface area contributed by atoms with Crippen LogP contribution in [0.15, 0.2) is 36.0 Å². The normalized spacial score (nSPS) is 23.1. The van der Waals surface area contributed by atoms with Crippen molar-refractivity contribution in [1.82, 2.24) is 5.32 Å². The molecule has 1 aromatic rings. The fourth-order valence-corrected chi connectivity index (χ4v) is 1.66. The summed E-state index contributed by atoms with van der Waals surface area (Å²) in [6, 6.07) is 9.81. The Kier molecular flexibility index (Phi) is 2.83. The molecule has 2 rings (SSSR count). The van der Waals surface area contributed by atoms with Crippen LogP contribution in [-0.2, 0) is 4.79 Å². The number of nitrogens with one attached hydrogen (secondary N) is 1. The number of hydrogen-bond acceptors (Lipinski definition) is 2. The van der Waals surface area contributed by atoms with Gasteiger partial charge in [-0.3, -0.25) is 4.79 Å². The van der Waals surface area contributed by atoms with Crippen LogP contribution in [0.4, 0.5) is 0 Å². The van der Waals surface area contributed by atoms with Crippen molar-refractivity contribution in [2.75, 3.05) is 6.61 Å². The molecule has 0 aliphatic carbocycles. The lowest BCUT2D eigenvalue weighted by Gasteiger charge is -1.97. The summed E-state index contributed by atoms with van der Waals surface area (Å²) < 4.78 is 0. The topological polar surface area (TPSA) is 49.3 Å². The summed E-state index contributed by atoms with van der Waals surface area (Å²) in [6.07, 6.45) is 2.54. The van der Waals surface area contributed by atoms with E-state index in [1.807, 2.05) is 36.4 Å². The highest BCUT2D eigenvalue weighted by atomic mass is 16.3. The summed E-state index contributed by atoms with van der Waals surface area (Å²) in [5.74, 6) is -0.361. The van der Waals surface area contributed by atoms with Gasteiger partial charge in [0.2, 0.25) is 5.91 Å². The van der Waals surface area contributed by atoms with Gasteiger partial charge >= 0.3 is 0 Å². The van der Waals surface area contributed by atoms with Gasteiger partial charge in [0, 0.05) is 12.1 Å². The van der Waals surface area contributed by atoms with E-state index in [0.717, 1.165) is 11.3 Å². The SMILES string of the molecule is O=C1NC(=Cc2ccccc2)CC1CO. The number of benzene rings is 1. The summed E-state index contributed by atoms with van der Waals surface area (Å²) in [4.78, 5) is 11.3. The van der Waals surface area contributed by atoms with Gasteiger partial charge in [0.15, 0.2) is 0 Å². The first-order valence-corrected chi connectivity index (χ1v) is 4.97. The average molecular weight is 203 g/mol. The molecule has 1 aliphatic heterocycles. The Balaban J connectivity index is 2.14. The second-order valence-corrected chi connectivity index (χ2v) is 3.65. The maximum Gasteiger partial charge on any atom is 0.229 e. The second-order valence-electron chi connectivity index (χ2n) is 3.65. The Morgan fingerprint density at radius 3 is 2.73 bits per heavy atom. The number of carbonyl (C=O) groups excluding carboxylic acids is 1. The van der Waals surface area contributed by atoms with Crippen LogP contribution in [0.2, 0.25) is 0 Å². The van der Waals surface area contributed by atoms with Crippen molar-refractivity contribution in [3.63, 3.8) is 0 Å². The molecule has 3 nitrogen and oxygen atoms in total. The van der Waals surface area contributed by atoms with Gasteiger partial charge in [-0.1, -0.05) is 30.3 Å². The standard InChI is InChI=1S/C12H13NO2/c14-8-10-7-11(13-12(10)15)6-9-4-2-1-3-5-9/h1-6,10,14H,7-8H2,(H,13,15). The van der Waals surface area contributed by atoms with Gasteiger partial charge in [0.1, 0.15) is 0 Å². The molecule has 0 bridgehead atoms. The first kappa shape index (κ1) is 9.93. The fourth-order valence-electron chi connectivity index (χ4n) is 1.66. The Bertz CT molecular complexity index is 384. The van der Waals surface area contributed by atoms with Crippen LogP contribution in [0, 0.1) is 5.92 Å². The number of rotatable bonds is 2. The minimum absolute atomic E-state index is 0.0836. The van der Waals surface area contributed by atoms with Crippen molar-refractivity contribution in [1.29, 1.82) is 0 Å². The third-order valence-corrected chi connectivity index (χ3v) is 2.48. The first-order chi connectivity index (χ1) is 7.29. The highest BCUT2D eigenvalue weighted by Gasteiger charge is 2.26. The Labute approximate surface area is 88.4 Å². The Hall–Kier alpha value is -1.61. The van der Waals surface area contributed by atoms with Gasteiger partial charge in [-0.2, -0.15) is 0 Å². The van der Waals surface area contributed by atoms with Crippen LogP contribution >= 0.6 is 0 Å². The van der Waals surface area contributed by atoms with Crippen molar-refractivity contribution >= 4 is 12.0 Å². The molecule has 78 valence electrons. The van der Waals surface area contributed by atoms with Crippen LogP contribution < -0.4 is 5.32 Å². The summed E-state index contributed by atoms with van der Waals surface area (Å²) in [6.45, 7) is -0.0854. The Morgan fingerprint density at radius 1 is 1.40 bits per heavy atom. The monoisotopic (exact) mass is 203 g/mol. The minimum Gasteiger partial charge on any atom is -0.396 e. The lowest BCUT2D eigenvalue weighted by Crippen LogP contribution is -2.20. The van der Waals surface area contributed by atoms with Crippen LogP contribution in [-0.4, -0.2) is 17.6 Å². The molecule has 1 heterocycles. The molecular weight excluding hydrogens is 190 g/mol. The van der Waals surface area contributed by atoms with E-state index < -0.39 is 0 Å². The van der Waals surface area contributed by atoms with E-state index in [9.17, 15) is 4.79 Å². The number of hydrogen-bond donors (Lipinski definition) is 2. The molecule has 1 amide bonds. The lowest BCUT2D eigenvalue weighted by atomic mass is 10.1. The fraction of sp³-hybridized carbons (Fsp3) is 0.250. The zero-order valence-electron chi connectivity index (χ0n) is 8.31. The predicted molar refractivity (Wildman–Crippen MR) is 57.8 cm³/mol. The lowest BCUT2D eigenvalue weighted by molar-refractivity contribution is -0.123. The van der Waals surface area contributed by atoms with Gasteiger partial charge < -0.3 is 10.4 Å². The van der Waals surface area contributed by atoms with Gasteiger partial charge in [-0.25, -0.2) is 0 Å². The summed E-state index contributed by atoms with van der Waals surface area (Å²) >= 11 is 0. The largest absolute Gasteiger partial charge is 0.396 e. The molecule has 0 aromatic heterocycles. The number of amides is 1. The number of aliphatic hydroxyl groups is 1. The molecule has 1 atom stereocenters. The molecule has 15 heavy (non-hydrogen) atoms. The molecule has 3 heteroatoms.